The van der Waals surface area contributed by atoms with Gasteiger partial charge in [0, 0.05) is 36.9 Å². The van der Waals surface area contributed by atoms with Crippen molar-refractivity contribution in [3.8, 4) is 0 Å². The molecule has 0 unspecified atom stereocenters. The number of ether oxygens (including phenoxy) is 1. The highest BCUT2D eigenvalue weighted by Crippen LogP contribution is 2.38. The van der Waals surface area contributed by atoms with Crippen LogP contribution in [0, 0.1) is 0 Å². The molecule has 2 aliphatic rings. The second-order valence-electron chi connectivity index (χ2n) is 8.12. The summed E-state index contributed by atoms with van der Waals surface area (Å²) in [7, 11) is -2.35. The van der Waals surface area contributed by atoms with E-state index in [0.29, 0.717) is 31.5 Å². The zero-order valence-electron chi connectivity index (χ0n) is 17.5. The predicted octanol–water partition coefficient (Wildman–Crippen LogP) is 2.87. The number of hydrogen-bond acceptors (Lipinski definition) is 7. The number of methoxy groups -OCH3 is 1. The van der Waals surface area contributed by atoms with E-state index in [-0.39, 0.29) is 17.7 Å². The van der Waals surface area contributed by atoms with Crippen molar-refractivity contribution in [1.29, 1.82) is 0 Å². The molecule has 1 aliphatic heterocycles. The molecule has 0 bridgehead atoms. The lowest BCUT2D eigenvalue weighted by molar-refractivity contribution is -0.133. The van der Waals surface area contributed by atoms with Gasteiger partial charge in [0.05, 0.1) is 11.5 Å². The van der Waals surface area contributed by atoms with Crippen LogP contribution >= 0.6 is 11.8 Å². The van der Waals surface area contributed by atoms with Crippen LogP contribution in [-0.4, -0.2) is 67.8 Å². The number of thioether (sulfide) groups is 1. The van der Waals surface area contributed by atoms with Crippen LogP contribution < -0.4 is 5.48 Å². The van der Waals surface area contributed by atoms with E-state index in [1.165, 1.54) is 32.1 Å². The first-order valence-corrected chi connectivity index (χ1v) is 13.0. The van der Waals surface area contributed by atoms with Gasteiger partial charge in [-0.15, -0.1) is 11.8 Å². The summed E-state index contributed by atoms with van der Waals surface area (Å²) in [5.41, 5.74) is 1.61. The van der Waals surface area contributed by atoms with Gasteiger partial charge < -0.3 is 9.64 Å². The molecule has 0 spiro atoms. The van der Waals surface area contributed by atoms with Gasteiger partial charge in [0.15, 0.2) is 14.6 Å². The summed E-state index contributed by atoms with van der Waals surface area (Å²) < 4.78 is 30.4. The van der Waals surface area contributed by atoms with Crippen molar-refractivity contribution in [2.24, 2.45) is 0 Å². The topological polar surface area (TPSA) is 95.9 Å². The number of hydroxylamine groups is 1. The second kappa shape index (κ2) is 10.5. The number of benzene rings is 1. The van der Waals surface area contributed by atoms with Crippen molar-refractivity contribution in [1.82, 2.24) is 10.4 Å². The number of piperidine rings is 1. The van der Waals surface area contributed by atoms with Crippen LogP contribution in [0.3, 0.4) is 0 Å². The number of sulfone groups is 1. The molecular formula is C21H32N2O5S2. The van der Waals surface area contributed by atoms with E-state index in [2.05, 4.69) is 4.90 Å². The van der Waals surface area contributed by atoms with Gasteiger partial charge in [0.2, 0.25) is 0 Å². The molecule has 1 heterocycles. The number of rotatable bonds is 8. The minimum atomic E-state index is -3.97. The number of amides is 1. The van der Waals surface area contributed by atoms with Crippen molar-refractivity contribution in [2.75, 3.05) is 33.4 Å². The maximum Gasteiger partial charge on any atom is 0.265 e. The minimum absolute atomic E-state index is 0.129. The first-order valence-electron chi connectivity index (χ1n) is 10.6. The maximum atomic E-state index is 13.5. The summed E-state index contributed by atoms with van der Waals surface area (Å²) in [4.78, 5) is 15.8. The van der Waals surface area contributed by atoms with E-state index >= 15 is 0 Å². The molecule has 1 saturated heterocycles. The molecule has 3 rings (SSSR count). The normalized spacial score (nSPS) is 20.7. The molecular weight excluding hydrogens is 424 g/mol. The Bertz CT molecular complexity index is 799. The van der Waals surface area contributed by atoms with Gasteiger partial charge in [-0.1, -0.05) is 19.3 Å². The van der Waals surface area contributed by atoms with E-state index in [9.17, 15) is 18.4 Å². The summed E-state index contributed by atoms with van der Waals surface area (Å²) in [5.74, 6) is -0.852. The van der Waals surface area contributed by atoms with Crippen LogP contribution in [0.5, 0.6) is 0 Å². The van der Waals surface area contributed by atoms with E-state index in [1.54, 1.807) is 36.5 Å². The smallest absolute Gasteiger partial charge is 0.265 e. The molecule has 7 nitrogen and oxygen atoms in total. The summed E-state index contributed by atoms with van der Waals surface area (Å²) >= 11 is 1.80. The summed E-state index contributed by atoms with van der Waals surface area (Å²) in [5, 5.41) is 9.88. The molecule has 30 heavy (non-hydrogen) atoms. The molecule has 1 amide bonds. The molecule has 0 aromatic heterocycles. The zero-order valence-corrected chi connectivity index (χ0v) is 19.1. The monoisotopic (exact) mass is 456 g/mol. The second-order valence-corrected chi connectivity index (χ2v) is 11.8. The molecule has 9 heteroatoms. The Balaban J connectivity index is 1.77. The Labute approximate surface area is 183 Å². The van der Waals surface area contributed by atoms with Crippen molar-refractivity contribution in [3.05, 3.63) is 24.3 Å². The number of nitrogens with zero attached hydrogens (tertiary/aromatic N) is 1. The highest BCUT2D eigenvalue weighted by Gasteiger charge is 2.52. The van der Waals surface area contributed by atoms with Crippen molar-refractivity contribution >= 4 is 27.5 Å². The lowest BCUT2D eigenvalue weighted by Crippen LogP contribution is -2.58. The molecule has 2 N–H and O–H groups in total. The summed E-state index contributed by atoms with van der Waals surface area (Å²) in [6.45, 7) is 2.13. The van der Waals surface area contributed by atoms with E-state index in [1.807, 2.05) is 12.1 Å². The van der Waals surface area contributed by atoms with Crippen LogP contribution in [0.1, 0.15) is 44.9 Å². The van der Waals surface area contributed by atoms with Crippen LogP contribution in [0.2, 0.25) is 0 Å². The predicted molar refractivity (Wildman–Crippen MR) is 117 cm³/mol. The SMILES string of the molecule is COCCN1CCC(C(=O)NO)(S(=O)(=O)c2ccc(SC3CCCCC3)cc2)CC1. The van der Waals surface area contributed by atoms with Crippen molar-refractivity contribution in [3.63, 3.8) is 0 Å². The Kier molecular flexibility index (Phi) is 8.20. The number of carbonyl (C=O) groups is 1. The summed E-state index contributed by atoms with van der Waals surface area (Å²) in [6.07, 6.45) is 6.46. The average Bonchev–Trinajstić information content (AvgIpc) is 2.78. The lowest BCUT2D eigenvalue weighted by atomic mass is 9.95. The third-order valence-electron chi connectivity index (χ3n) is 6.29. The number of hydrogen-bond donors (Lipinski definition) is 2. The van der Waals surface area contributed by atoms with Crippen LogP contribution in [-0.2, 0) is 19.4 Å². The van der Waals surface area contributed by atoms with E-state index < -0.39 is 20.5 Å². The van der Waals surface area contributed by atoms with E-state index in [0.717, 1.165) is 4.90 Å². The number of nitrogens with one attached hydrogen (secondary N) is 1. The number of likely N-dealkylation sites (tertiary alicyclic amines) is 1. The molecule has 0 radical (unpaired) electrons. The molecule has 168 valence electrons. The van der Waals surface area contributed by atoms with Gasteiger partial charge in [0.25, 0.3) is 5.91 Å². The molecule has 1 saturated carbocycles. The highest BCUT2D eigenvalue weighted by atomic mass is 32.2. The number of carbonyl (C=O) groups excluding carboxylic acids is 1. The van der Waals surface area contributed by atoms with Gasteiger partial charge in [-0.25, -0.2) is 13.9 Å². The third-order valence-corrected chi connectivity index (χ3v) is 10.2. The highest BCUT2D eigenvalue weighted by molar-refractivity contribution is 8.00. The first kappa shape index (κ1) is 23.5. The average molecular weight is 457 g/mol. The Morgan fingerprint density at radius 2 is 1.83 bits per heavy atom. The Morgan fingerprint density at radius 1 is 1.20 bits per heavy atom. The molecule has 1 aliphatic carbocycles. The van der Waals surface area contributed by atoms with Gasteiger partial charge in [0.1, 0.15) is 0 Å². The Hall–Kier alpha value is -1.13. The fourth-order valence-electron chi connectivity index (χ4n) is 4.38. The standard InChI is InChI=1S/C21H32N2O5S2/c1-28-16-15-23-13-11-21(12-14-23,20(24)22-25)30(26,27)19-9-7-18(8-10-19)29-17-5-3-2-4-6-17/h7-10,17,25H,2-6,11-16H2,1H3,(H,22,24). The molecule has 1 aromatic carbocycles. The van der Waals surface area contributed by atoms with Crippen molar-refractivity contribution < 1.29 is 23.2 Å². The third kappa shape index (κ3) is 5.02. The fourth-order valence-corrected chi connectivity index (χ4v) is 7.58. The summed E-state index contributed by atoms with van der Waals surface area (Å²) in [6, 6.07) is 6.88. The van der Waals surface area contributed by atoms with Crippen LogP contribution in [0.25, 0.3) is 0 Å². The van der Waals surface area contributed by atoms with Gasteiger partial charge in [-0.05, 0) is 49.9 Å². The maximum absolute atomic E-state index is 13.5. The van der Waals surface area contributed by atoms with Gasteiger partial charge >= 0.3 is 0 Å². The van der Waals surface area contributed by atoms with Crippen LogP contribution in [0.15, 0.2) is 34.1 Å². The Morgan fingerprint density at radius 3 is 2.40 bits per heavy atom. The van der Waals surface area contributed by atoms with E-state index in [4.69, 9.17) is 4.74 Å². The molecule has 2 fully saturated rings. The van der Waals surface area contributed by atoms with Gasteiger partial charge in [-0.2, -0.15) is 0 Å². The first-order chi connectivity index (χ1) is 14.4. The van der Waals surface area contributed by atoms with Crippen LogP contribution in [0.4, 0.5) is 0 Å². The minimum Gasteiger partial charge on any atom is -0.383 e. The molecule has 1 aromatic rings. The zero-order chi connectivity index (χ0) is 21.6. The van der Waals surface area contributed by atoms with Gasteiger partial charge in [-0.3, -0.25) is 10.0 Å². The van der Waals surface area contributed by atoms with Crippen molar-refractivity contribution in [2.45, 2.75) is 64.7 Å². The lowest BCUT2D eigenvalue weighted by Gasteiger charge is -2.39. The molecule has 0 atom stereocenters. The largest absolute Gasteiger partial charge is 0.383 e. The fraction of sp³-hybridized carbons (Fsp3) is 0.667. The quantitative estimate of drug-likeness (QED) is 0.459.